The van der Waals surface area contributed by atoms with Crippen molar-refractivity contribution in [1.29, 1.82) is 0 Å². The SMILES string of the molecule is CCCCN(CC)S(=O)(=O)c1ccc(C(=O)N(Cc2cccnc2)c2nc3cc(OC)ccc3s2)cc1. The van der Waals surface area contributed by atoms with Crippen molar-refractivity contribution in [1.82, 2.24) is 14.3 Å². The summed E-state index contributed by atoms with van der Waals surface area (Å²) in [4.78, 5) is 24.4. The normalized spacial score (nSPS) is 11.7. The van der Waals surface area contributed by atoms with Crippen LogP contribution >= 0.6 is 11.3 Å². The fraction of sp³-hybridized carbons (Fsp3) is 0.296. The van der Waals surface area contributed by atoms with Crippen molar-refractivity contribution < 1.29 is 17.9 Å². The number of carbonyl (C=O) groups excluding carboxylic acids is 1. The number of amides is 1. The van der Waals surface area contributed by atoms with Gasteiger partial charge in [-0.2, -0.15) is 4.31 Å². The monoisotopic (exact) mass is 538 g/mol. The summed E-state index contributed by atoms with van der Waals surface area (Å²) in [7, 11) is -2.04. The Kier molecular flexibility index (Phi) is 8.52. The highest BCUT2D eigenvalue weighted by Crippen LogP contribution is 2.33. The van der Waals surface area contributed by atoms with Gasteiger partial charge in [-0.25, -0.2) is 13.4 Å². The standard InChI is InChI=1S/C27H30N4O4S2/c1-4-6-16-30(5-2)37(33,34)23-12-9-21(10-13-23)26(32)31(19-20-8-7-15-28-18-20)27-29-24-17-22(35-3)11-14-25(24)36-27/h7-15,17-18H,4-6,16,19H2,1-3H3. The Bertz CT molecular complexity index is 1460. The minimum absolute atomic E-state index is 0.174. The van der Waals surface area contributed by atoms with E-state index >= 15 is 0 Å². The summed E-state index contributed by atoms with van der Waals surface area (Å²) in [6, 6.07) is 15.5. The molecule has 0 aliphatic carbocycles. The maximum Gasteiger partial charge on any atom is 0.260 e. The first-order valence-electron chi connectivity index (χ1n) is 12.1. The molecule has 2 aromatic heterocycles. The van der Waals surface area contributed by atoms with Crippen LogP contribution in [-0.2, 0) is 16.6 Å². The van der Waals surface area contributed by atoms with Gasteiger partial charge in [0.05, 0.1) is 28.8 Å². The van der Waals surface area contributed by atoms with Crippen LogP contribution in [0, 0.1) is 0 Å². The molecular weight excluding hydrogens is 508 g/mol. The number of hydrogen-bond donors (Lipinski definition) is 0. The molecule has 0 spiro atoms. The second kappa shape index (κ2) is 11.8. The van der Waals surface area contributed by atoms with Crippen LogP contribution in [-0.4, -0.2) is 48.8 Å². The van der Waals surface area contributed by atoms with Crippen LogP contribution in [0.15, 0.2) is 71.9 Å². The highest BCUT2D eigenvalue weighted by molar-refractivity contribution is 7.89. The molecule has 0 bridgehead atoms. The lowest BCUT2D eigenvalue weighted by Crippen LogP contribution is -2.32. The van der Waals surface area contributed by atoms with E-state index < -0.39 is 10.0 Å². The zero-order valence-electron chi connectivity index (χ0n) is 21.1. The fourth-order valence-corrected chi connectivity index (χ4v) is 6.33. The van der Waals surface area contributed by atoms with E-state index in [4.69, 9.17) is 9.72 Å². The molecule has 0 radical (unpaired) electrons. The number of methoxy groups -OCH3 is 1. The number of thiazole rings is 1. The van der Waals surface area contributed by atoms with Crippen LogP contribution in [0.3, 0.4) is 0 Å². The summed E-state index contributed by atoms with van der Waals surface area (Å²) in [6.07, 6.45) is 5.09. The molecule has 0 N–H and O–H groups in total. The highest BCUT2D eigenvalue weighted by Gasteiger charge is 2.25. The Hall–Kier alpha value is -3.34. The Morgan fingerprint density at radius 1 is 1.08 bits per heavy atom. The first kappa shape index (κ1) is 26.7. The molecule has 0 fully saturated rings. The molecule has 4 rings (SSSR count). The van der Waals surface area contributed by atoms with Gasteiger partial charge in [0.15, 0.2) is 5.13 Å². The second-order valence-electron chi connectivity index (χ2n) is 8.46. The molecule has 10 heteroatoms. The van der Waals surface area contributed by atoms with E-state index in [9.17, 15) is 13.2 Å². The number of ether oxygens (including phenoxy) is 1. The van der Waals surface area contributed by atoms with E-state index in [1.807, 2.05) is 44.2 Å². The number of hydrogen-bond acceptors (Lipinski definition) is 7. The lowest BCUT2D eigenvalue weighted by atomic mass is 10.2. The van der Waals surface area contributed by atoms with Gasteiger partial charge in [0.1, 0.15) is 5.75 Å². The Balaban J connectivity index is 1.67. The highest BCUT2D eigenvalue weighted by atomic mass is 32.2. The third-order valence-corrected chi connectivity index (χ3v) is 9.02. The quantitative estimate of drug-likeness (QED) is 0.255. The molecule has 0 aliphatic rings. The molecular formula is C27H30N4O4S2. The van der Waals surface area contributed by atoms with Crippen LogP contribution < -0.4 is 9.64 Å². The largest absolute Gasteiger partial charge is 0.497 e. The molecule has 0 unspecified atom stereocenters. The lowest BCUT2D eigenvalue weighted by molar-refractivity contribution is 0.0985. The number of anilines is 1. The first-order valence-corrected chi connectivity index (χ1v) is 14.4. The molecule has 4 aromatic rings. The zero-order chi connectivity index (χ0) is 26.4. The summed E-state index contributed by atoms with van der Waals surface area (Å²) in [5.41, 5.74) is 1.95. The van der Waals surface area contributed by atoms with E-state index in [1.165, 1.54) is 27.8 Å². The fourth-order valence-electron chi connectivity index (χ4n) is 3.90. The number of rotatable bonds is 11. The molecule has 2 heterocycles. The zero-order valence-corrected chi connectivity index (χ0v) is 22.8. The number of pyridine rings is 1. The topological polar surface area (TPSA) is 92.7 Å². The molecule has 37 heavy (non-hydrogen) atoms. The van der Waals surface area contributed by atoms with Crippen molar-refractivity contribution in [2.45, 2.75) is 38.1 Å². The van der Waals surface area contributed by atoms with Gasteiger partial charge < -0.3 is 4.74 Å². The number of fused-ring (bicyclic) bond motifs is 1. The van der Waals surface area contributed by atoms with Crippen LogP contribution in [0.1, 0.15) is 42.6 Å². The maximum atomic E-state index is 13.7. The summed E-state index contributed by atoms with van der Waals surface area (Å²) >= 11 is 1.40. The molecule has 1 amide bonds. The van der Waals surface area contributed by atoms with Gasteiger partial charge in [-0.1, -0.05) is 37.7 Å². The van der Waals surface area contributed by atoms with Crippen LogP contribution in [0.2, 0.25) is 0 Å². The van der Waals surface area contributed by atoms with Gasteiger partial charge in [-0.05, 0) is 54.4 Å². The molecule has 194 valence electrons. The van der Waals surface area contributed by atoms with E-state index in [2.05, 4.69) is 4.98 Å². The van der Waals surface area contributed by atoms with Crippen LogP contribution in [0.5, 0.6) is 5.75 Å². The number of sulfonamides is 1. The summed E-state index contributed by atoms with van der Waals surface area (Å²) in [5.74, 6) is 0.406. The number of aromatic nitrogens is 2. The van der Waals surface area contributed by atoms with Gasteiger partial charge in [0.25, 0.3) is 5.91 Å². The molecule has 0 saturated heterocycles. The van der Waals surface area contributed by atoms with Gasteiger partial charge in [0, 0.05) is 37.1 Å². The Morgan fingerprint density at radius 3 is 2.51 bits per heavy atom. The van der Waals surface area contributed by atoms with E-state index in [0.29, 0.717) is 29.5 Å². The van der Waals surface area contributed by atoms with Gasteiger partial charge in [-0.3, -0.25) is 14.7 Å². The molecule has 0 saturated carbocycles. The van der Waals surface area contributed by atoms with Crippen LogP contribution in [0.25, 0.3) is 10.2 Å². The predicted octanol–water partition coefficient (Wildman–Crippen LogP) is 5.36. The smallest absolute Gasteiger partial charge is 0.260 e. The van der Waals surface area contributed by atoms with Crippen molar-refractivity contribution in [3.63, 3.8) is 0 Å². The third-order valence-electron chi connectivity index (χ3n) is 5.98. The number of unbranched alkanes of at least 4 members (excludes halogenated alkanes) is 1. The molecule has 2 aromatic carbocycles. The number of benzene rings is 2. The molecule has 0 atom stereocenters. The van der Waals surface area contributed by atoms with Crippen molar-refractivity contribution in [2.24, 2.45) is 0 Å². The average molecular weight is 539 g/mol. The number of carbonyl (C=O) groups is 1. The Labute approximate surface area is 221 Å². The van der Waals surface area contributed by atoms with Crippen LogP contribution in [0.4, 0.5) is 5.13 Å². The second-order valence-corrected chi connectivity index (χ2v) is 11.4. The van der Waals surface area contributed by atoms with E-state index in [-0.39, 0.29) is 17.3 Å². The van der Waals surface area contributed by atoms with Crippen molar-refractivity contribution >= 4 is 42.6 Å². The van der Waals surface area contributed by atoms with E-state index in [1.54, 1.807) is 36.5 Å². The molecule has 0 aliphatic heterocycles. The minimum atomic E-state index is -3.63. The Morgan fingerprint density at radius 2 is 1.86 bits per heavy atom. The summed E-state index contributed by atoms with van der Waals surface area (Å²) < 4.78 is 33.9. The van der Waals surface area contributed by atoms with Crippen molar-refractivity contribution in [2.75, 3.05) is 25.1 Å². The number of nitrogens with zero attached hydrogens (tertiary/aromatic N) is 4. The van der Waals surface area contributed by atoms with Crippen molar-refractivity contribution in [3.8, 4) is 5.75 Å². The van der Waals surface area contributed by atoms with Crippen molar-refractivity contribution in [3.05, 3.63) is 78.1 Å². The first-order chi connectivity index (χ1) is 17.9. The average Bonchev–Trinajstić information content (AvgIpc) is 3.35. The summed E-state index contributed by atoms with van der Waals surface area (Å²) in [6.45, 7) is 4.99. The van der Waals surface area contributed by atoms with E-state index in [0.717, 1.165) is 28.6 Å². The van der Waals surface area contributed by atoms with Gasteiger partial charge >= 0.3 is 0 Å². The third kappa shape index (κ3) is 5.98. The van der Waals surface area contributed by atoms with Gasteiger partial charge in [0.2, 0.25) is 10.0 Å². The minimum Gasteiger partial charge on any atom is -0.497 e. The maximum absolute atomic E-state index is 13.7. The predicted molar refractivity (Wildman–Crippen MR) is 147 cm³/mol. The lowest BCUT2D eigenvalue weighted by Gasteiger charge is -2.21. The summed E-state index contributed by atoms with van der Waals surface area (Å²) in [5, 5.41) is 0.533. The molecule has 8 nitrogen and oxygen atoms in total. The van der Waals surface area contributed by atoms with Gasteiger partial charge in [-0.15, -0.1) is 0 Å².